The quantitative estimate of drug-likeness (QED) is 0.774. The number of aryl methyl sites for hydroxylation is 3. The summed E-state index contributed by atoms with van der Waals surface area (Å²) in [5, 5.41) is 2.77. The predicted molar refractivity (Wildman–Crippen MR) is 90.5 cm³/mol. The molecule has 3 aromatic rings. The van der Waals surface area contributed by atoms with E-state index in [-0.39, 0.29) is 11.7 Å². The van der Waals surface area contributed by atoms with Gasteiger partial charge in [0.25, 0.3) is 5.91 Å². The molecule has 0 spiro atoms. The van der Waals surface area contributed by atoms with Crippen molar-refractivity contribution < 1.29 is 9.21 Å². The SMILES string of the molecule is Cc1ccc(-c2ccc(C(=O)Nc3ncccc3C)o2)cc1C. The van der Waals surface area contributed by atoms with E-state index in [9.17, 15) is 4.79 Å². The van der Waals surface area contributed by atoms with Crippen LogP contribution < -0.4 is 5.32 Å². The number of anilines is 1. The van der Waals surface area contributed by atoms with Crippen LogP contribution in [0.1, 0.15) is 27.2 Å². The van der Waals surface area contributed by atoms with Gasteiger partial charge in [-0.25, -0.2) is 4.98 Å². The number of benzene rings is 1. The molecule has 0 unspecified atom stereocenters. The van der Waals surface area contributed by atoms with E-state index in [2.05, 4.69) is 30.2 Å². The molecule has 2 heterocycles. The van der Waals surface area contributed by atoms with Crippen molar-refractivity contribution in [3.63, 3.8) is 0 Å². The molecule has 0 bridgehead atoms. The number of aromatic nitrogens is 1. The first-order valence-electron chi connectivity index (χ1n) is 7.45. The largest absolute Gasteiger partial charge is 0.451 e. The van der Waals surface area contributed by atoms with Gasteiger partial charge in [-0.2, -0.15) is 0 Å². The maximum atomic E-state index is 12.3. The molecule has 116 valence electrons. The van der Waals surface area contributed by atoms with E-state index in [1.165, 1.54) is 11.1 Å². The number of rotatable bonds is 3. The van der Waals surface area contributed by atoms with Gasteiger partial charge in [-0.15, -0.1) is 0 Å². The van der Waals surface area contributed by atoms with Crippen molar-refractivity contribution in [3.8, 4) is 11.3 Å². The molecule has 0 saturated heterocycles. The highest BCUT2D eigenvalue weighted by atomic mass is 16.3. The van der Waals surface area contributed by atoms with Gasteiger partial charge in [-0.1, -0.05) is 18.2 Å². The summed E-state index contributed by atoms with van der Waals surface area (Å²) < 4.78 is 5.70. The fourth-order valence-corrected chi connectivity index (χ4v) is 2.30. The van der Waals surface area contributed by atoms with Gasteiger partial charge in [0.1, 0.15) is 11.6 Å². The molecule has 0 atom stereocenters. The Morgan fingerprint density at radius 3 is 2.57 bits per heavy atom. The molecule has 1 amide bonds. The van der Waals surface area contributed by atoms with Gasteiger partial charge in [0.05, 0.1) is 0 Å². The Hall–Kier alpha value is -2.88. The second-order valence-electron chi connectivity index (χ2n) is 5.59. The highest BCUT2D eigenvalue weighted by Crippen LogP contribution is 2.25. The minimum atomic E-state index is -0.304. The highest BCUT2D eigenvalue weighted by molar-refractivity contribution is 6.02. The van der Waals surface area contributed by atoms with Gasteiger partial charge in [0.2, 0.25) is 0 Å². The normalized spacial score (nSPS) is 10.6. The number of pyridine rings is 1. The summed E-state index contributed by atoms with van der Waals surface area (Å²) in [7, 11) is 0. The lowest BCUT2D eigenvalue weighted by Gasteiger charge is -2.05. The van der Waals surface area contributed by atoms with Crippen LogP contribution in [0.25, 0.3) is 11.3 Å². The van der Waals surface area contributed by atoms with Crippen molar-refractivity contribution in [1.29, 1.82) is 0 Å². The average Bonchev–Trinajstić information content (AvgIpc) is 3.02. The zero-order valence-corrected chi connectivity index (χ0v) is 13.4. The smallest absolute Gasteiger partial charge is 0.292 e. The summed E-state index contributed by atoms with van der Waals surface area (Å²) in [5.74, 6) is 1.18. The molecule has 4 nitrogen and oxygen atoms in total. The number of nitrogens with one attached hydrogen (secondary N) is 1. The third-order valence-corrected chi connectivity index (χ3v) is 3.86. The van der Waals surface area contributed by atoms with Crippen LogP contribution in [-0.4, -0.2) is 10.9 Å². The van der Waals surface area contributed by atoms with Crippen LogP contribution in [0.3, 0.4) is 0 Å². The molecule has 0 aliphatic carbocycles. The highest BCUT2D eigenvalue weighted by Gasteiger charge is 2.14. The molecule has 0 aliphatic heterocycles. The number of hydrogen-bond donors (Lipinski definition) is 1. The Morgan fingerprint density at radius 1 is 1.00 bits per heavy atom. The van der Waals surface area contributed by atoms with Crippen LogP contribution in [0.5, 0.6) is 0 Å². The monoisotopic (exact) mass is 306 g/mol. The molecule has 0 fully saturated rings. The van der Waals surface area contributed by atoms with Gasteiger partial charge in [0, 0.05) is 11.8 Å². The van der Waals surface area contributed by atoms with E-state index in [0.29, 0.717) is 11.6 Å². The minimum Gasteiger partial charge on any atom is -0.451 e. The second-order valence-corrected chi connectivity index (χ2v) is 5.59. The molecule has 1 aromatic carbocycles. The Labute approximate surface area is 135 Å². The third-order valence-electron chi connectivity index (χ3n) is 3.86. The zero-order valence-electron chi connectivity index (χ0n) is 13.4. The molecule has 4 heteroatoms. The third kappa shape index (κ3) is 3.16. The van der Waals surface area contributed by atoms with E-state index in [1.54, 1.807) is 12.3 Å². The van der Waals surface area contributed by atoms with Crippen LogP contribution in [0.4, 0.5) is 5.82 Å². The van der Waals surface area contributed by atoms with Crippen molar-refractivity contribution in [2.24, 2.45) is 0 Å². The fourth-order valence-electron chi connectivity index (χ4n) is 2.30. The van der Waals surface area contributed by atoms with E-state index >= 15 is 0 Å². The Kier molecular flexibility index (Phi) is 3.98. The summed E-state index contributed by atoms with van der Waals surface area (Å²) in [5.41, 5.74) is 4.28. The lowest BCUT2D eigenvalue weighted by atomic mass is 10.1. The first-order valence-corrected chi connectivity index (χ1v) is 7.45. The van der Waals surface area contributed by atoms with E-state index in [0.717, 1.165) is 11.1 Å². The molecule has 1 N–H and O–H groups in total. The minimum absolute atomic E-state index is 0.267. The molecule has 2 aromatic heterocycles. The molecular weight excluding hydrogens is 288 g/mol. The first-order chi connectivity index (χ1) is 11.0. The molecule has 0 radical (unpaired) electrons. The summed E-state index contributed by atoms with van der Waals surface area (Å²) in [6, 6.07) is 13.3. The zero-order chi connectivity index (χ0) is 16.4. The van der Waals surface area contributed by atoms with Gasteiger partial charge < -0.3 is 9.73 Å². The van der Waals surface area contributed by atoms with Crippen LogP contribution >= 0.6 is 0 Å². The fraction of sp³-hybridized carbons (Fsp3) is 0.158. The van der Waals surface area contributed by atoms with Crippen molar-refractivity contribution in [3.05, 3.63) is 71.1 Å². The number of amides is 1. The second kappa shape index (κ2) is 6.08. The summed E-state index contributed by atoms with van der Waals surface area (Å²) in [6.45, 7) is 6.01. The van der Waals surface area contributed by atoms with Gasteiger partial charge >= 0.3 is 0 Å². The van der Waals surface area contributed by atoms with E-state index in [1.807, 2.05) is 37.3 Å². The number of hydrogen-bond acceptors (Lipinski definition) is 3. The Balaban J connectivity index is 1.82. The summed E-state index contributed by atoms with van der Waals surface area (Å²) in [6.07, 6.45) is 1.64. The van der Waals surface area contributed by atoms with E-state index in [4.69, 9.17) is 4.42 Å². The maximum Gasteiger partial charge on any atom is 0.292 e. The van der Waals surface area contributed by atoms with Crippen molar-refractivity contribution >= 4 is 11.7 Å². The first kappa shape index (κ1) is 15.0. The number of furan rings is 1. The summed E-state index contributed by atoms with van der Waals surface area (Å²) in [4.78, 5) is 16.4. The van der Waals surface area contributed by atoms with Crippen molar-refractivity contribution in [2.75, 3.05) is 5.32 Å². The predicted octanol–water partition coefficient (Wildman–Crippen LogP) is 4.52. The van der Waals surface area contributed by atoms with Crippen LogP contribution in [0, 0.1) is 20.8 Å². The lowest BCUT2D eigenvalue weighted by molar-refractivity contribution is 0.0997. The molecule has 3 rings (SSSR count). The van der Waals surface area contributed by atoms with E-state index < -0.39 is 0 Å². The molecule has 0 saturated carbocycles. The molecular formula is C19H18N2O2. The van der Waals surface area contributed by atoms with Crippen LogP contribution in [-0.2, 0) is 0 Å². The van der Waals surface area contributed by atoms with Crippen LogP contribution in [0.2, 0.25) is 0 Å². The maximum absolute atomic E-state index is 12.3. The average molecular weight is 306 g/mol. The number of nitrogens with zero attached hydrogens (tertiary/aromatic N) is 1. The molecule has 0 aliphatic rings. The van der Waals surface area contributed by atoms with Crippen LogP contribution in [0.15, 0.2) is 53.1 Å². The standard InChI is InChI=1S/C19H18N2O2/c1-12-6-7-15(11-14(12)3)16-8-9-17(23-16)19(22)21-18-13(2)5-4-10-20-18/h4-11H,1-3H3,(H,20,21,22). The van der Waals surface area contributed by atoms with Gasteiger partial charge in [-0.05, 0) is 61.7 Å². The topological polar surface area (TPSA) is 55.1 Å². The Morgan fingerprint density at radius 2 is 1.83 bits per heavy atom. The summed E-state index contributed by atoms with van der Waals surface area (Å²) >= 11 is 0. The van der Waals surface area contributed by atoms with Gasteiger partial charge in [0.15, 0.2) is 5.76 Å². The molecule has 23 heavy (non-hydrogen) atoms. The van der Waals surface area contributed by atoms with Gasteiger partial charge in [-0.3, -0.25) is 4.79 Å². The number of carbonyl (C=O) groups is 1. The Bertz CT molecular complexity index is 865. The van der Waals surface area contributed by atoms with Crippen molar-refractivity contribution in [2.45, 2.75) is 20.8 Å². The van der Waals surface area contributed by atoms with Crippen molar-refractivity contribution in [1.82, 2.24) is 4.98 Å². The lowest BCUT2D eigenvalue weighted by Crippen LogP contribution is -2.12. The number of carbonyl (C=O) groups excluding carboxylic acids is 1.